The highest BCUT2D eigenvalue weighted by atomic mass is 79.9. The van der Waals surface area contributed by atoms with Gasteiger partial charge in [0.25, 0.3) is 0 Å². The molecule has 1 heterocycles. The third-order valence-electron chi connectivity index (χ3n) is 5.62. The molecule has 0 N–H and O–H groups in total. The van der Waals surface area contributed by atoms with Crippen molar-refractivity contribution in [2.45, 2.75) is 69.7 Å². The Morgan fingerprint density at radius 3 is 1.39 bits per heavy atom. The molecule has 1 aliphatic heterocycles. The summed E-state index contributed by atoms with van der Waals surface area (Å²) in [5, 5.41) is 17.8. The Balaban J connectivity index is 0.000000186. The normalized spacial score (nSPS) is 15.1. The molecule has 1 saturated carbocycles. The Bertz CT molecular complexity index is 798. The quantitative estimate of drug-likeness (QED) is 0.435. The van der Waals surface area contributed by atoms with Crippen LogP contribution in [-0.4, -0.2) is 18.0 Å². The molecule has 4 heteroatoms. The van der Waals surface area contributed by atoms with E-state index < -0.39 is 0 Å². The first-order valence-corrected chi connectivity index (χ1v) is 12.5. The SMILES string of the molecule is C1CCCC1.N#CCc1ccc(CBr)cc1.N#CCc1ccc(CN2CCCC2)cc1. The van der Waals surface area contributed by atoms with Gasteiger partial charge in [0.2, 0.25) is 0 Å². The van der Waals surface area contributed by atoms with Crippen molar-refractivity contribution >= 4 is 15.9 Å². The summed E-state index contributed by atoms with van der Waals surface area (Å²) in [5.74, 6) is 0. The largest absolute Gasteiger partial charge is 0.299 e. The lowest BCUT2D eigenvalue weighted by molar-refractivity contribution is 0.331. The van der Waals surface area contributed by atoms with Crippen molar-refractivity contribution in [1.29, 1.82) is 10.5 Å². The van der Waals surface area contributed by atoms with Crippen molar-refractivity contribution in [3.05, 3.63) is 70.8 Å². The number of hydrogen-bond acceptors (Lipinski definition) is 3. The van der Waals surface area contributed by atoms with E-state index in [1.165, 1.54) is 69.2 Å². The Morgan fingerprint density at radius 1 is 0.613 bits per heavy atom. The number of nitriles is 2. The van der Waals surface area contributed by atoms with Crippen LogP contribution >= 0.6 is 15.9 Å². The smallest absolute Gasteiger partial charge is 0.0669 e. The molecule has 2 fully saturated rings. The van der Waals surface area contributed by atoms with Crippen LogP contribution in [0.3, 0.4) is 0 Å². The molecule has 0 radical (unpaired) electrons. The zero-order valence-corrected chi connectivity index (χ0v) is 20.1. The molecule has 2 aromatic carbocycles. The average Bonchev–Trinajstić information content (AvgIpc) is 3.54. The number of likely N-dealkylation sites (tertiary alicyclic amines) is 1. The Labute approximate surface area is 196 Å². The highest BCUT2D eigenvalue weighted by molar-refractivity contribution is 9.08. The third-order valence-corrected chi connectivity index (χ3v) is 6.27. The van der Waals surface area contributed by atoms with Gasteiger partial charge in [-0.3, -0.25) is 4.90 Å². The highest BCUT2D eigenvalue weighted by Crippen LogP contribution is 2.15. The molecule has 3 nitrogen and oxygen atoms in total. The van der Waals surface area contributed by atoms with Gasteiger partial charge in [0.15, 0.2) is 0 Å². The lowest BCUT2D eigenvalue weighted by Gasteiger charge is -2.14. The summed E-state index contributed by atoms with van der Waals surface area (Å²) in [6.45, 7) is 3.53. The standard InChI is InChI=1S/C13H16N2.C9H8BrN.C5H10/c14-8-7-12-3-5-13(6-4-12)11-15-9-1-2-10-15;10-7-9-3-1-8(2-4-9)5-6-11;1-2-4-5-3-1/h3-6H,1-2,7,9-11H2;1-4H,5,7H2;1-5H2. The van der Waals surface area contributed by atoms with Gasteiger partial charge in [-0.15, -0.1) is 0 Å². The predicted molar refractivity (Wildman–Crippen MR) is 132 cm³/mol. The first-order chi connectivity index (χ1) is 15.2. The Kier molecular flexibility index (Phi) is 12.7. The van der Waals surface area contributed by atoms with E-state index in [2.05, 4.69) is 57.2 Å². The van der Waals surface area contributed by atoms with Crippen LogP contribution in [0.15, 0.2) is 48.5 Å². The van der Waals surface area contributed by atoms with Crippen molar-refractivity contribution in [3.8, 4) is 12.1 Å². The lowest BCUT2D eigenvalue weighted by Crippen LogP contribution is -2.18. The van der Waals surface area contributed by atoms with Gasteiger partial charge in [-0.1, -0.05) is 96.6 Å². The molecule has 164 valence electrons. The van der Waals surface area contributed by atoms with Crippen molar-refractivity contribution in [2.24, 2.45) is 0 Å². The average molecular weight is 480 g/mol. The van der Waals surface area contributed by atoms with Crippen molar-refractivity contribution in [1.82, 2.24) is 4.90 Å². The predicted octanol–water partition coefficient (Wildman–Crippen LogP) is 6.95. The minimum atomic E-state index is 0.503. The van der Waals surface area contributed by atoms with Gasteiger partial charge in [-0.2, -0.15) is 10.5 Å². The molecule has 1 saturated heterocycles. The summed E-state index contributed by atoms with van der Waals surface area (Å²) < 4.78 is 0. The van der Waals surface area contributed by atoms with E-state index in [1.807, 2.05) is 24.3 Å². The summed E-state index contributed by atoms with van der Waals surface area (Å²) in [6.07, 6.45) is 11.2. The molecular formula is C27H34BrN3. The molecule has 2 aromatic rings. The van der Waals surface area contributed by atoms with Gasteiger partial charge in [0, 0.05) is 11.9 Å². The van der Waals surface area contributed by atoms with E-state index in [9.17, 15) is 0 Å². The first-order valence-electron chi connectivity index (χ1n) is 11.4. The van der Waals surface area contributed by atoms with Gasteiger partial charge < -0.3 is 0 Å². The lowest BCUT2D eigenvalue weighted by atomic mass is 10.1. The van der Waals surface area contributed by atoms with E-state index >= 15 is 0 Å². The summed E-state index contributed by atoms with van der Waals surface area (Å²) in [7, 11) is 0. The van der Waals surface area contributed by atoms with Gasteiger partial charge in [-0.05, 0) is 48.2 Å². The molecule has 0 bridgehead atoms. The molecule has 0 atom stereocenters. The molecule has 1 aliphatic carbocycles. The maximum atomic E-state index is 8.56. The summed E-state index contributed by atoms with van der Waals surface area (Å²) in [6, 6.07) is 20.7. The van der Waals surface area contributed by atoms with Gasteiger partial charge >= 0.3 is 0 Å². The second kappa shape index (κ2) is 15.6. The van der Waals surface area contributed by atoms with Gasteiger partial charge in [-0.25, -0.2) is 0 Å². The number of hydrogen-bond donors (Lipinski definition) is 0. The molecule has 4 rings (SSSR count). The van der Waals surface area contributed by atoms with Crippen LogP contribution in [-0.2, 0) is 24.7 Å². The van der Waals surface area contributed by atoms with Crippen LogP contribution in [0, 0.1) is 22.7 Å². The summed E-state index contributed by atoms with van der Waals surface area (Å²) in [4.78, 5) is 2.49. The molecular weight excluding hydrogens is 446 g/mol. The second-order valence-electron chi connectivity index (χ2n) is 8.19. The zero-order valence-electron chi connectivity index (χ0n) is 18.5. The highest BCUT2D eigenvalue weighted by Gasteiger charge is 2.11. The zero-order chi connectivity index (χ0) is 22.2. The van der Waals surface area contributed by atoms with Crippen LogP contribution in [0.2, 0.25) is 0 Å². The maximum Gasteiger partial charge on any atom is 0.0669 e. The minimum Gasteiger partial charge on any atom is -0.299 e. The molecule has 31 heavy (non-hydrogen) atoms. The van der Waals surface area contributed by atoms with Crippen LogP contribution in [0.1, 0.15) is 67.2 Å². The van der Waals surface area contributed by atoms with Gasteiger partial charge in [0.05, 0.1) is 25.0 Å². The fourth-order valence-corrected chi connectivity index (χ4v) is 4.15. The number of benzene rings is 2. The van der Waals surface area contributed by atoms with Crippen molar-refractivity contribution in [3.63, 3.8) is 0 Å². The summed E-state index contributed by atoms with van der Waals surface area (Å²) >= 11 is 3.36. The molecule has 0 amide bonds. The third kappa shape index (κ3) is 10.6. The maximum absolute atomic E-state index is 8.56. The molecule has 0 unspecified atom stereocenters. The van der Waals surface area contributed by atoms with Crippen LogP contribution in [0.4, 0.5) is 0 Å². The summed E-state index contributed by atoms with van der Waals surface area (Å²) in [5.41, 5.74) is 4.80. The molecule has 0 spiro atoms. The van der Waals surface area contributed by atoms with Crippen LogP contribution in [0.25, 0.3) is 0 Å². The molecule has 0 aromatic heterocycles. The Morgan fingerprint density at radius 2 is 1.00 bits per heavy atom. The van der Waals surface area contributed by atoms with E-state index in [4.69, 9.17) is 10.5 Å². The van der Waals surface area contributed by atoms with Crippen LogP contribution in [0.5, 0.6) is 0 Å². The van der Waals surface area contributed by atoms with E-state index in [1.54, 1.807) is 0 Å². The number of halogens is 1. The van der Waals surface area contributed by atoms with Gasteiger partial charge in [0.1, 0.15) is 0 Å². The monoisotopic (exact) mass is 479 g/mol. The second-order valence-corrected chi connectivity index (χ2v) is 8.75. The van der Waals surface area contributed by atoms with E-state index in [-0.39, 0.29) is 0 Å². The molecule has 2 aliphatic rings. The topological polar surface area (TPSA) is 50.8 Å². The Hall–Kier alpha value is -2.14. The fraction of sp³-hybridized carbons (Fsp3) is 0.481. The van der Waals surface area contributed by atoms with Crippen LogP contribution < -0.4 is 0 Å². The number of nitrogens with zero attached hydrogens (tertiary/aromatic N) is 3. The first kappa shape index (κ1) is 25.1. The number of rotatable bonds is 5. The van der Waals surface area contributed by atoms with Crippen molar-refractivity contribution < 1.29 is 0 Å². The van der Waals surface area contributed by atoms with E-state index in [0.29, 0.717) is 12.8 Å². The fourth-order valence-electron chi connectivity index (χ4n) is 3.77. The number of alkyl halides is 1. The van der Waals surface area contributed by atoms with Crippen molar-refractivity contribution in [2.75, 3.05) is 13.1 Å². The van der Waals surface area contributed by atoms with E-state index in [0.717, 1.165) is 23.0 Å². The minimum absolute atomic E-state index is 0.503.